The van der Waals surface area contributed by atoms with Crippen LogP contribution in [-0.2, 0) is 4.74 Å². The van der Waals surface area contributed by atoms with E-state index in [-0.39, 0.29) is 11.9 Å². The van der Waals surface area contributed by atoms with Crippen molar-refractivity contribution in [1.29, 1.82) is 0 Å². The first-order valence-corrected chi connectivity index (χ1v) is 10.2. The summed E-state index contributed by atoms with van der Waals surface area (Å²) in [6, 6.07) is 7.85. The minimum absolute atomic E-state index is 0.0878. The topological polar surface area (TPSA) is 70.7 Å². The maximum absolute atomic E-state index is 12.6. The predicted molar refractivity (Wildman–Crippen MR) is 106 cm³/mol. The van der Waals surface area contributed by atoms with Gasteiger partial charge >= 0.3 is 6.09 Å². The Morgan fingerprint density at radius 2 is 1.93 bits per heavy atom. The van der Waals surface area contributed by atoms with Crippen molar-refractivity contribution in [3.8, 4) is 0 Å². The molecule has 2 N–H and O–H groups in total. The molecular formula is C21H31N3O3. The molecule has 0 radical (unpaired) electrons. The van der Waals surface area contributed by atoms with Crippen molar-refractivity contribution in [2.45, 2.75) is 64.0 Å². The first-order valence-electron chi connectivity index (χ1n) is 10.2. The molecule has 6 heteroatoms. The summed E-state index contributed by atoms with van der Waals surface area (Å²) in [4.78, 5) is 26.7. The molecule has 1 aliphatic carbocycles. The van der Waals surface area contributed by atoms with E-state index in [2.05, 4.69) is 15.5 Å². The number of carbonyl (C=O) groups excluding carboxylic acids is 2. The van der Waals surface area contributed by atoms with Crippen molar-refractivity contribution < 1.29 is 14.3 Å². The number of rotatable bonds is 5. The zero-order valence-electron chi connectivity index (χ0n) is 16.2. The lowest BCUT2D eigenvalue weighted by Crippen LogP contribution is -2.39. The fourth-order valence-electron chi connectivity index (χ4n) is 4.15. The van der Waals surface area contributed by atoms with Crippen molar-refractivity contribution >= 4 is 17.7 Å². The van der Waals surface area contributed by atoms with Crippen LogP contribution in [0.3, 0.4) is 0 Å². The standard InChI is InChI=1S/C21H31N3O3/c1-2-27-21(26)23-17-9-7-8-16(14-17)20(25)22-18-12-13-24(15-18)19-10-5-3-4-6-11-19/h7-9,14,18-19H,2-6,10-13,15H2,1H3,(H,22,25)(H,23,26)/t18-/m0/s1. The molecule has 1 aliphatic heterocycles. The summed E-state index contributed by atoms with van der Waals surface area (Å²) in [5.41, 5.74) is 1.12. The SMILES string of the molecule is CCOC(=O)Nc1cccc(C(=O)N[C@H]2CCN(C3CCCCCC3)C2)c1. The molecule has 1 aromatic rings. The Hall–Kier alpha value is -2.08. The maximum atomic E-state index is 12.6. The molecule has 2 aliphatic rings. The van der Waals surface area contributed by atoms with Crippen LogP contribution in [0, 0.1) is 0 Å². The van der Waals surface area contributed by atoms with Gasteiger partial charge in [-0.15, -0.1) is 0 Å². The van der Waals surface area contributed by atoms with E-state index in [1.54, 1.807) is 31.2 Å². The zero-order chi connectivity index (χ0) is 19.1. The maximum Gasteiger partial charge on any atom is 0.411 e. The Labute approximate surface area is 161 Å². The van der Waals surface area contributed by atoms with E-state index in [4.69, 9.17) is 4.74 Å². The van der Waals surface area contributed by atoms with Crippen molar-refractivity contribution in [3.05, 3.63) is 29.8 Å². The number of anilines is 1. The summed E-state index contributed by atoms with van der Waals surface area (Å²) in [6.45, 7) is 4.08. The highest BCUT2D eigenvalue weighted by molar-refractivity contribution is 5.96. The van der Waals surface area contributed by atoms with Crippen LogP contribution in [0.15, 0.2) is 24.3 Å². The smallest absolute Gasteiger partial charge is 0.411 e. The third-order valence-electron chi connectivity index (χ3n) is 5.54. The summed E-state index contributed by atoms with van der Waals surface area (Å²) in [7, 11) is 0. The molecule has 1 atom stereocenters. The number of amides is 2. The number of carbonyl (C=O) groups is 2. The van der Waals surface area contributed by atoms with E-state index in [9.17, 15) is 9.59 Å². The molecule has 2 fully saturated rings. The second kappa shape index (κ2) is 9.74. The fourth-order valence-corrected chi connectivity index (χ4v) is 4.15. The summed E-state index contributed by atoms with van der Waals surface area (Å²) in [5, 5.41) is 5.80. The highest BCUT2D eigenvalue weighted by Crippen LogP contribution is 2.25. The predicted octanol–water partition coefficient (Wildman–Crippen LogP) is 3.78. The molecule has 6 nitrogen and oxygen atoms in total. The molecular weight excluding hydrogens is 342 g/mol. The highest BCUT2D eigenvalue weighted by Gasteiger charge is 2.29. The first-order chi connectivity index (χ1) is 13.2. The largest absolute Gasteiger partial charge is 0.450 e. The monoisotopic (exact) mass is 373 g/mol. The molecule has 1 aromatic carbocycles. The Morgan fingerprint density at radius 3 is 2.67 bits per heavy atom. The van der Waals surface area contributed by atoms with Gasteiger partial charge in [0.05, 0.1) is 6.61 Å². The van der Waals surface area contributed by atoms with Gasteiger partial charge in [-0.25, -0.2) is 4.79 Å². The third kappa shape index (κ3) is 5.70. The van der Waals surface area contributed by atoms with E-state index in [1.165, 1.54) is 38.5 Å². The van der Waals surface area contributed by atoms with E-state index in [1.807, 2.05) is 0 Å². The Balaban J connectivity index is 1.52. The van der Waals surface area contributed by atoms with Crippen LogP contribution in [0.4, 0.5) is 10.5 Å². The van der Waals surface area contributed by atoms with Crippen LogP contribution in [0.2, 0.25) is 0 Å². The number of hydrogen-bond acceptors (Lipinski definition) is 4. The van der Waals surface area contributed by atoms with Gasteiger partial charge in [0.1, 0.15) is 0 Å². The van der Waals surface area contributed by atoms with E-state index < -0.39 is 6.09 Å². The van der Waals surface area contributed by atoms with Crippen molar-refractivity contribution in [2.75, 3.05) is 25.0 Å². The van der Waals surface area contributed by atoms with Gasteiger partial charge in [-0.3, -0.25) is 15.0 Å². The van der Waals surface area contributed by atoms with Gasteiger partial charge < -0.3 is 10.1 Å². The average Bonchev–Trinajstić information content (AvgIpc) is 2.95. The molecule has 1 saturated heterocycles. The molecule has 27 heavy (non-hydrogen) atoms. The second-order valence-electron chi connectivity index (χ2n) is 7.53. The molecule has 1 saturated carbocycles. The van der Waals surface area contributed by atoms with Crippen LogP contribution >= 0.6 is 0 Å². The van der Waals surface area contributed by atoms with Gasteiger partial charge in [-0.05, 0) is 44.4 Å². The molecule has 0 unspecified atom stereocenters. The molecule has 0 spiro atoms. The third-order valence-corrected chi connectivity index (χ3v) is 5.54. The van der Waals surface area contributed by atoms with E-state index in [0.717, 1.165) is 19.5 Å². The van der Waals surface area contributed by atoms with Crippen LogP contribution in [0.1, 0.15) is 62.2 Å². The molecule has 0 aromatic heterocycles. The Morgan fingerprint density at radius 1 is 1.15 bits per heavy atom. The lowest BCUT2D eigenvalue weighted by molar-refractivity contribution is 0.0935. The van der Waals surface area contributed by atoms with Crippen molar-refractivity contribution in [2.24, 2.45) is 0 Å². The molecule has 148 valence electrons. The van der Waals surface area contributed by atoms with E-state index >= 15 is 0 Å². The minimum atomic E-state index is -0.509. The van der Waals surface area contributed by atoms with Crippen LogP contribution in [-0.4, -0.2) is 48.7 Å². The number of ether oxygens (including phenoxy) is 1. The lowest BCUT2D eigenvalue weighted by atomic mass is 10.1. The fraction of sp³-hybridized carbons (Fsp3) is 0.619. The van der Waals surface area contributed by atoms with Crippen molar-refractivity contribution in [1.82, 2.24) is 10.2 Å². The van der Waals surface area contributed by atoms with E-state index in [0.29, 0.717) is 23.9 Å². The van der Waals surface area contributed by atoms with Gasteiger partial charge in [-0.2, -0.15) is 0 Å². The number of benzene rings is 1. The number of nitrogens with zero attached hydrogens (tertiary/aromatic N) is 1. The molecule has 3 rings (SSSR count). The number of nitrogens with one attached hydrogen (secondary N) is 2. The van der Waals surface area contributed by atoms with Crippen molar-refractivity contribution in [3.63, 3.8) is 0 Å². The van der Waals surface area contributed by atoms with Crippen LogP contribution < -0.4 is 10.6 Å². The van der Waals surface area contributed by atoms with Gasteiger partial charge in [0.2, 0.25) is 0 Å². The summed E-state index contributed by atoms with van der Waals surface area (Å²) >= 11 is 0. The first kappa shape index (κ1) is 19.7. The van der Waals surface area contributed by atoms with Gasteiger partial charge in [0.25, 0.3) is 5.91 Å². The highest BCUT2D eigenvalue weighted by atomic mass is 16.5. The lowest BCUT2D eigenvalue weighted by Gasteiger charge is -2.26. The van der Waals surface area contributed by atoms with Crippen LogP contribution in [0.5, 0.6) is 0 Å². The average molecular weight is 373 g/mol. The summed E-state index contributed by atoms with van der Waals surface area (Å²) < 4.78 is 4.88. The normalized spacial score (nSPS) is 21.4. The molecule has 1 heterocycles. The van der Waals surface area contributed by atoms with Crippen LogP contribution in [0.25, 0.3) is 0 Å². The second-order valence-corrected chi connectivity index (χ2v) is 7.53. The summed E-state index contributed by atoms with van der Waals surface area (Å²) in [6.07, 6.45) is 8.47. The quantitative estimate of drug-likeness (QED) is 0.771. The molecule has 0 bridgehead atoms. The zero-order valence-corrected chi connectivity index (χ0v) is 16.2. The minimum Gasteiger partial charge on any atom is -0.450 e. The molecule has 2 amide bonds. The van der Waals surface area contributed by atoms with Gasteiger partial charge in [0.15, 0.2) is 0 Å². The number of hydrogen-bond donors (Lipinski definition) is 2. The Bertz CT molecular complexity index is 641. The van der Waals surface area contributed by atoms with Gasteiger partial charge in [0, 0.05) is 36.4 Å². The summed E-state index contributed by atoms with van der Waals surface area (Å²) in [5.74, 6) is -0.0878. The number of likely N-dealkylation sites (tertiary alicyclic amines) is 1. The van der Waals surface area contributed by atoms with Gasteiger partial charge in [-0.1, -0.05) is 31.7 Å². The Kier molecular flexibility index (Phi) is 7.10.